The molecule has 2 unspecified atom stereocenters. The van der Waals surface area contributed by atoms with E-state index in [9.17, 15) is 0 Å². The minimum Gasteiger partial charge on any atom is -0.363 e. The smallest absolute Gasteiger partial charge is 0.162 e. The fourth-order valence-corrected chi connectivity index (χ4v) is 2.54. The van der Waals surface area contributed by atoms with Crippen molar-refractivity contribution in [3.63, 3.8) is 0 Å². The van der Waals surface area contributed by atoms with Crippen LogP contribution in [0.15, 0.2) is 35.1 Å². The summed E-state index contributed by atoms with van der Waals surface area (Å²) in [6.07, 6.45) is 3.87. The Morgan fingerprint density at radius 2 is 2.27 bits per heavy atom. The second-order valence-electron chi connectivity index (χ2n) is 5.45. The van der Waals surface area contributed by atoms with Crippen LogP contribution in [-0.4, -0.2) is 26.1 Å². The SMILES string of the molecule is Cc1noc(C)c1Cn1ccc(NC2OC2c2ccc[nH]2)n1. The zero-order chi connectivity index (χ0) is 15.1. The van der Waals surface area contributed by atoms with E-state index in [1.54, 1.807) is 0 Å². The van der Waals surface area contributed by atoms with Crippen molar-refractivity contribution in [3.05, 3.63) is 53.3 Å². The van der Waals surface area contributed by atoms with E-state index in [4.69, 9.17) is 9.26 Å². The summed E-state index contributed by atoms with van der Waals surface area (Å²) in [7, 11) is 0. The van der Waals surface area contributed by atoms with Gasteiger partial charge in [0.2, 0.25) is 0 Å². The molecule has 114 valence electrons. The van der Waals surface area contributed by atoms with Gasteiger partial charge in [0.05, 0.1) is 12.2 Å². The molecule has 0 spiro atoms. The quantitative estimate of drug-likeness (QED) is 0.707. The number of rotatable bonds is 5. The van der Waals surface area contributed by atoms with Gasteiger partial charge in [-0.3, -0.25) is 4.68 Å². The molecule has 22 heavy (non-hydrogen) atoms. The van der Waals surface area contributed by atoms with Crippen molar-refractivity contribution in [2.45, 2.75) is 32.7 Å². The van der Waals surface area contributed by atoms with Crippen molar-refractivity contribution in [2.24, 2.45) is 0 Å². The van der Waals surface area contributed by atoms with Gasteiger partial charge in [-0.1, -0.05) is 5.16 Å². The first-order valence-corrected chi connectivity index (χ1v) is 7.21. The number of anilines is 1. The first-order valence-electron chi connectivity index (χ1n) is 7.21. The third-order valence-electron chi connectivity index (χ3n) is 3.85. The molecule has 1 aliphatic rings. The van der Waals surface area contributed by atoms with Crippen LogP contribution in [0.2, 0.25) is 0 Å². The Morgan fingerprint density at radius 1 is 1.36 bits per heavy atom. The van der Waals surface area contributed by atoms with Crippen LogP contribution in [0.5, 0.6) is 0 Å². The van der Waals surface area contributed by atoms with E-state index in [-0.39, 0.29) is 12.3 Å². The predicted molar refractivity (Wildman–Crippen MR) is 79.3 cm³/mol. The molecule has 1 fully saturated rings. The summed E-state index contributed by atoms with van der Waals surface area (Å²) < 4.78 is 12.6. The Balaban J connectivity index is 1.40. The molecule has 2 N–H and O–H groups in total. The van der Waals surface area contributed by atoms with Crippen LogP contribution < -0.4 is 5.32 Å². The Hall–Kier alpha value is -2.54. The van der Waals surface area contributed by atoms with E-state index in [0.29, 0.717) is 6.54 Å². The molecule has 1 saturated heterocycles. The van der Waals surface area contributed by atoms with Crippen LogP contribution in [0.1, 0.15) is 28.8 Å². The highest BCUT2D eigenvalue weighted by Crippen LogP contribution is 2.37. The van der Waals surface area contributed by atoms with Crippen molar-refractivity contribution in [2.75, 3.05) is 5.32 Å². The largest absolute Gasteiger partial charge is 0.363 e. The van der Waals surface area contributed by atoms with Gasteiger partial charge in [0.25, 0.3) is 0 Å². The van der Waals surface area contributed by atoms with Crippen molar-refractivity contribution in [3.8, 4) is 0 Å². The van der Waals surface area contributed by atoms with Gasteiger partial charge in [-0.05, 0) is 26.0 Å². The molecule has 2 atom stereocenters. The average molecular weight is 299 g/mol. The van der Waals surface area contributed by atoms with E-state index < -0.39 is 0 Å². The molecule has 7 nitrogen and oxygen atoms in total. The Bertz CT molecular complexity index is 754. The molecular formula is C15H17N5O2. The van der Waals surface area contributed by atoms with Gasteiger partial charge in [0.1, 0.15) is 17.7 Å². The Morgan fingerprint density at radius 3 is 3.00 bits per heavy atom. The van der Waals surface area contributed by atoms with Crippen molar-refractivity contribution < 1.29 is 9.26 Å². The molecule has 4 rings (SSSR count). The van der Waals surface area contributed by atoms with Crippen LogP contribution >= 0.6 is 0 Å². The second-order valence-corrected chi connectivity index (χ2v) is 5.45. The molecule has 3 aromatic rings. The third kappa shape index (κ3) is 2.39. The lowest BCUT2D eigenvalue weighted by atomic mass is 10.2. The predicted octanol–water partition coefficient (Wildman–Crippen LogP) is 2.37. The van der Waals surface area contributed by atoms with Crippen LogP contribution in [0.25, 0.3) is 0 Å². The molecule has 0 saturated carbocycles. The van der Waals surface area contributed by atoms with Gasteiger partial charge in [0, 0.05) is 29.7 Å². The lowest BCUT2D eigenvalue weighted by Crippen LogP contribution is -2.07. The normalized spacial score (nSPS) is 20.3. The number of nitrogens with zero attached hydrogens (tertiary/aromatic N) is 3. The van der Waals surface area contributed by atoms with Crippen LogP contribution in [0.3, 0.4) is 0 Å². The minimum absolute atomic E-state index is 0.0268. The molecule has 4 heterocycles. The number of hydrogen-bond donors (Lipinski definition) is 2. The summed E-state index contributed by atoms with van der Waals surface area (Å²) >= 11 is 0. The highest BCUT2D eigenvalue weighted by atomic mass is 16.6. The molecule has 3 aromatic heterocycles. The standard InChI is InChI=1S/C15H17N5O2/c1-9-11(10(2)22-19-9)8-20-7-5-13(18-20)17-15-14(21-15)12-4-3-6-16-12/h3-7,14-16H,8H2,1-2H3,(H,17,18). The number of nitrogens with one attached hydrogen (secondary N) is 2. The molecule has 0 aliphatic carbocycles. The van der Waals surface area contributed by atoms with Crippen LogP contribution in [0.4, 0.5) is 5.82 Å². The van der Waals surface area contributed by atoms with Gasteiger partial charge in [0.15, 0.2) is 6.23 Å². The van der Waals surface area contributed by atoms with Crippen LogP contribution in [0, 0.1) is 13.8 Å². The summed E-state index contributed by atoms with van der Waals surface area (Å²) in [5.74, 6) is 1.63. The van der Waals surface area contributed by atoms with E-state index in [1.165, 1.54) is 0 Å². The number of hydrogen-bond acceptors (Lipinski definition) is 5. The summed E-state index contributed by atoms with van der Waals surface area (Å²) in [4.78, 5) is 3.15. The molecule has 1 aliphatic heterocycles. The first kappa shape index (κ1) is 13.1. The van der Waals surface area contributed by atoms with E-state index in [0.717, 1.165) is 28.5 Å². The molecule has 0 aromatic carbocycles. The van der Waals surface area contributed by atoms with Crippen molar-refractivity contribution in [1.82, 2.24) is 19.9 Å². The minimum atomic E-state index is -0.0268. The van der Waals surface area contributed by atoms with E-state index in [1.807, 2.05) is 49.1 Å². The summed E-state index contributed by atoms with van der Waals surface area (Å²) in [5, 5.41) is 11.7. The monoisotopic (exact) mass is 299 g/mol. The lowest BCUT2D eigenvalue weighted by molar-refractivity contribution is 0.383. The number of H-pyrrole nitrogens is 1. The lowest BCUT2D eigenvalue weighted by Gasteiger charge is -2.01. The van der Waals surface area contributed by atoms with E-state index in [2.05, 4.69) is 20.6 Å². The zero-order valence-electron chi connectivity index (χ0n) is 12.4. The van der Waals surface area contributed by atoms with Gasteiger partial charge in [-0.25, -0.2) is 0 Å². The maximum absolute atomic E-state index is 5.60. The average Bonchev–Trinajstić information content (AvgIpc) is 2.90. The Kier molecular flexibility index (Phi) is 3.00. The van der Waals surface area contributed by atoms with Gasteiger partial charge in [-0.15, -0.1) is 0 Å². The molecule has 0 radical (unpaired) electrons. The highest BCUT2D eigenvalue weighted by molar-refractivity contribution is 5.36. The fraction of sp³-hybridized carbons (Fsp3) is 0.333. The number of epoxide rings is 1. The molecule has 7 heteroatoms. The summed E-state index contributed by atoms with van der Waals surface area (Å²) in [6.45, 7) is 4.50. The van der Waals surface area contributed by atoms with E-state index >= 15 is 0 Å². The summed E-state index contributed by atoms with van der Waals surface area (Å²) in [6, 6.07) is 5.92. The maximum atomic E-state index is 5.60. The number of aromatic nitrogens is 4. The molecule has 0 bridgehead atoms. The maximum Gasteiger partial charge on any atom is 0.162 e. The summed E-state index contributed by atoms with van der Waals surface area (Å²) in [5.41, 5.74) is 3.05. The zero-order valence-corrected chi connectivity index (χ0v) is 12.4. The number of ether oxygens (including phenoxy) is 1. The van der Waals surface area contributed by atoms with Crippen molar-refractivity contribution >= 4 is 5.82 Å². The van der Waals surface area contributed by atoms with Crippen molar-refractivity contribution in [1.29, 1.82) is 0 Å². The highest BCUT2D eigenvalue weighted by Gasteiger charge is 2.41. The molecular weight excluding hydrogens is 282 g/mol. The van der Waals surface area contributed by atoms with Gasteiger partial charge in [-0.2, -0.15) is 5.10 Å². The topological polar surface area (TPSA) is 84.2 Å². The number of aryl methyl sites for hydroxylation is 2. The molecule has 0 amide bonds. The second kappa shape index (κ2) is 5.03. The fourth-order valence-electron chi connectivity index (χ4n) is 2.54. The Labute approximate surface area is 127 Å². The van der Waals surface area contributed by atoms with Gasteiger partial charge >= 0.3 is 0 Å². The first-order chi connectivity index (χ1) is 10.7. The third-order valence-corrected chi connectivity index (χ3v) is 3.85. The van der Waals surface area contributed by atoms with Gasteiger partial charge < -0.3 is 19.6 Å². The number of aromatic amines is 1. The van der Waals surface area contributed by atoms with Crippen LogP contribution in [-0.2, 0) is 11.3 Å².